The van der Waals surface area contributed by atoms with Crippen molar-refractivity contribution < 1.29 is 9.66 Å². The van der Waals surface area contributed by atoms with Crippen molar-refractivity contribution in [1.82, 2.24) is 0 Å². The molecular formula is C12H16BrNO3. The minimum Gasteiger partial charge on any atom is -0.496 e. The molecule has 1 aromatic carbocycles. The van der Waals surface area contributed by atoms with Gasteiger partial charge in [-0.15, -0.1) is 0 Å². The third-order valence-electron chi connectivity index (χ3n) is 2.59. The Hall–Kier alpha value is -1.10. The first kappa shape index (κ1) is 14.0. The zero-order chi connectivity index (χ0) is 12.8. The molecule has 0 radical (unpaired) electrons. The van der Waals surface area contributed by atoms with Gasteiger partial charge in [0.25, 0.3) is 5.69 Å². The minimum absolute atomic E-state index is 0.0852. The summed E-state index contributed by atoms with van der Waals surface area (Å²) in [6, 6.07) is 4.90. The van der Waals surface area contributed by atoms with Crippen molar-refractivity contribution in [2.24, 2.45) is 0 Å². The SMILES string of the molecule is CCC(Br)CCc1cc(OC)cc([N+](=O)[O-])c1. The lowest BCUT2D eigenvalue weighted by Crippen LogP contribution is -1.99. The van der Waals surface area contributed by atoms with Gasteiger partial charge >= 0.3 is 0 Å². The summed E-state index contributed by atoms with van der Waals surface area (Å²) < 4.78 is 5.06. The Morgan fingerprint density at radius 2 is 2.18 bits per heavy atom. The maximum absolute atomic E-state index is 10.8. The quantitative estimate of drug-likeness (QED) is 0.457. The van der Waals surface area contributed by atoms with Gasteiger partial charge in [-0.05, 0) is 30.9 Å². The van der Waals surface area contributed by atoms with Crippen LogP contribution in [0.3, 0.4) is 0 Å². The summed E-state index contributed by atoms with van der Waals surface area (Å²) in [5, 5.41) is 10.8. The van der Waals surface area contributed by atoms with E-state index in [-0.39, 0.29) is 5.69 Å². The Bertz CT molecular complexity index is 395. The number of hydrogen-bond donors (Lipinski definition) is 0. The number of rotatable bonds is 6. The van der Waals surface area contributed by atoms with Crippen molar-refractivity contribution in [1.29, 1.82) is 0 Å². The molecule has 1 atom stereocenters. The molecule has 17 heavy (non-hydrogen) atoms. The van der Waals surface area contributed by atoms with Crippen molar-refractivity contribution in [2.45, 2.75) is 31.0 Å². The highest BCUT2D eigenvalue weighted by atomic mass is 79.9. The lowest BCUT2D eigenvalue weighted by atomic mass is 10.1. The first-order valence-electron chi connectivity index (χ1n) is 5.53. The molecule has 0 heterocycles. The largest absolute Gasteiger partial charge is 0.496 e. The van der Waals surface area contributed by atoms with Crippen LogP contribution in [0.15, 0.2) is 18.2 Å². The third kappa shape index (κ3) is 4.34. The number of non-ortho nitro benzene ring substituents is 1. The Morgan fingerprint density at radius 1 is 1.47 bits per heavy atom. The molecule has 0 bridgehead atoms. The minimum atomic E-state index is -0.391. The van der Waals surface area contributed by atoms with E-state index in [1.165, 1.54) is 13.2 Å². The average molecular weight is 302 g/mol. The van der Waals surface area contributed by atoms with Gasteiger partial charge in [-0.1, -0.05) is 22.9 Å². The first-order valence-corrected chi connectivity index (χ1v) is 6.44. The van der Waals surface area contributed by atoms with Crippen LogP contribution in [0.25, 0.3) is 0 Å². The van der Waals surface area contributed by atoms with Gasteiger partial charge in [0.05, 0.1) is 18.1 Å². The molecule has 0 aliphatic carbocycles. The number of nitrogens with zero attached hydrogens (tertiary/aromatic N) is 1. The van der Waals surface area contributed by atoms with Crippen LogP contribution in [0.1, 0.15) is 25.3 Å². The molecule has 94 valence electrons. The fourth-order valence-corrected chi connectivity index (χ4v) is 1.77. The van der Waals surface area contributed by atoms with Crippen molar-refractivity contribution >= 4 is 21.6 Å². The van der Waals surface area contributed by atoms with Gasteiger partial charge in [-0.25, -0.2) is 0 Å². The second-order valence-electron chi connectivity index (χ2n) is 3.84. The van der Waals surface area contributed by atoms with Gasteiger partial charge in [0.1, 0.15) is 5.75 Å². The van der Waals surface area contributed by atoms with E-state index in [4.69, 9.17) is 4.74 Å². The molecule has 1 aromatic rings. The number of aryl methyl sites for hydroxylation is 1. The topological polar surface area (TPSA) is 52.4 Å². The van der Waals surface area contributed by atoms with Crippen molar-refractivity contribution in [3.05, 3.63) is 33.9 Å². The molecule has 5 heteroatoms. The van der Waals surface area contributed by atoms with Gasteiger partial charge in [-0.3, -0.25) is 10.1 Å². The molecule has 0 N–H and O–H groups in total. The standard InChI is InChI=1S/C12H16BrNO3/c1-3-10(13)5-4-9-6-11(14(15)16)8-12(7-9)17-2/h6-8,10H,3-5H2,1-2H3. The van der Waals surface area contributed by atoms with Crippen LogP contribution in [0.4, 0.5) is 5.69 Å². The number of nitro groups is 1. The van der Waals surface area contributed by atoms with Crippen molar-refractivity contribution in [3.63, 3.8) is 0 Å². The molecule has 0 amide bonds. The van der Waals surface area contributed by atoms with Crippen LogP contribution < -0.4 is 4.74 Å². The molecule has 0 aliphatic heterocycles. The predicted molar refractivity (Wildman–Crippen MR) is 71.0 cm³/mol. The highest BCUT2D eigenvalue weighted by molar-refractivity contribution is 9.09. The van der Waals surface area contributed by atoms with E-state index in [2.05, 4.69) is 22.9 Å². The van der Waals surface area contributed by atoms with E-state index in [0.29, 0.717) is 10.6 Å². The normalized spacial score (nSPS) is 12.2. The summed E-state index contributed by atoms with van der Waals surface area (Å²) >= 11 is 3.55. The number of hydrogen-bond acceptors (Lipinski definition) is 3. The first-order chi connectivity index (χ1) is 8.06. The molecule has 0 saturated heterocycles. The Morgan fingerprint density at radius 3 is 2.71 bits per heavy atom. The van der Waals surface area contributed by atoms with Gasteiger partial charge in [0.2, 0.25) is 0 Å². The van der Waals surface area contributed by atoms with Gasteiger partial charge in [-0.2, -0.15) is 0 Å². The van der Waals surface area contributed by atoms with E-state index in [1.807, 2.05) is 6.07 Å². The maximum atomic E-state index is 10.8. The number of methoxy groups -OCH3 is 1. The second-order valence-corrected chi connectivity index (χ2v) is 5.14. The lowest BCUT2D eigenvalue weighted by molar-refractivity contribution is -0.385. The fraction of sp³-hybridized carbons (Fsp3) is 0.500. The van der Waals surface area contributed by atoms with E-state index in [9.17, 15) is 10.1 Å². The van der Waals surface area contributed by atoms with Crippen LogP contribution in [-0.2, 0) is 6.42 Å². The zero-order valence-corrected chi connectivity index (χ0v) is 11.6. The molecule has 1 rings (SSSR count). The summed E-state index contributed by atoms with van der Waals surface area (Å²) in [7, 11) is 1.52. The summed E-state index contributed by atoms with van der Waals surface area (Å²) in [6.07, 6.45) is 2.81. The maximum Gasteiger partial charge on any atom is 0.273 e. The second kappa shape index (κ2) is 6.59. The van der Waals surface area contributed by atoms with E-state index in [1.54, 1.807) is 6.07 Å². The van der Waals surface area contributed by atoms with Crippen molar-refractivity contribution in [2.75, 3.05) is 7.11 Å². The number of halogens is 1. The lowest BCUT2D eigenvalue weighted by Gasteiger charge is -2.08. The third-order valence-corrected chi connectivity index (χ3v) is 3.69. The fourth-order valence-electron chi connectivity index (χ4n) is 1.54. The molecule has 0 spiro atoms. The number of alkyl halides is 1. The molecule has 0 aromatic heterocycles. The van der Waals surface area contributed by atoms with Crippen molar-refractivity contribution in [3.8, 4) is 5.75 Å². The summed E-state index contributed by atoms with van der Waals surface area (Å²) in [6.45, 7) is 2.10. The van der Waals surface area contributed by atoms with Crippen LogP contribution in [0.2, 0.25) is 0 Å². The number of benzene rings is 1. The molecule has 0 aliphatic rings. The van der Waals surface area contributed by atoms with Gasteiger partial charge in [0.15, 0.2) is 0 Å². The van der Waals surface area contributed by atoms with Crippen LogP contribution in [0, 0.1) is 10.1 Å². The molecular weight excluding hydrogens is 286 g/mol. The highest BCUT2D eigenvalue weighted by Crippen LogP contribution is 2.24. The Labute approximate surface area is 109 Å². The van der Waals surface area contributed by atoms with Crippen LogP contribution in [-0.4, -0.2) is 16.9 Å². The zero-order valence-electron chi connectivity index (χ0n) is 9.98. The van der Waals surface area contributed by atoms with E-state index < -0.39 is 4.92 Å². The van der Waals surface area contributed by atoms with E-state index >= 15 is 0 Å². The highest BCUT2D eigenvalue weighted by Gasteiger charge is 2.11. The van der Waals surface area contributed by atoms with Crippen LogP contribution >= 0.6 is 15.9 Å². The van der Waals surface area contributed by atoms with Gasteiger partial charge in [0, 0.05) is 10.9 Å². The Balaban J connectivity index is 2.83. The van der Waals surface area contributed by atoms with E-state index in [0.717, 1.165) is 24.8 Å². The smallest absolute Gasteiger partial charge is 0.273 e. The molecule has 4 nitrogen and oxygen atoms in total. The monoisotopic (exact) mass is 301 g/mol. The number of ether oxygens (including phenoxy) is 1. The predicted octanol–water partition coefficient (Wildman–Crippen LogP) is 3.71. The summed E-state index contributed by atoms with van der Waals surface area (Å²) in [4.78, 5) is 10.8. The molecule has 1 unspecified atom stereocenters. The number of nitro benzene ring substituents is 1. The van der Waals surface area contributed by atoms with Gasteiger partial charge < -0.3 is 4.74 Å². The molecule has 0 fully saturated rings. The Kier molecular flexibility index (Phi) is 5.41. The molecule has 0 saturated carbocycles. The summed E-state index contributed by atoms with van der Waals surface area (Å²) in [5.41, 5.74) is 1.02. The van der Waals surface area contributed by atoms with Crippen LogP contribution in [0.5, 0.6) is 5.75 Å². The average Bonchev–Trinajstić information content (AvgIpc) is 2.35. The summed E-state index contributed by atoms with van der Waals surface area (Å²) in [5.74, 6) is 0.539.